The van der Waals surface area contributed by atoms with E-state index in [0.29, 0.717) is 0 Å². The number of rotatable bonds is 12. The van der Waals surface area contributed by atoms with Crippen LogP contribution >= 0.6 is 0 Å². The van der Waals surface area contributed by atoms with E-state index in [1.54, 1.807) is 0 Å². The summed E-state index contributed by atoms with van der Waals surface area (Å²) in [4.78, 5) is 4.29. The van der Waals surface area contributed by atoms with Crippen molar-refractivity contribution in [2.45, 2.75) is 52.9 Å². The first kappa shape index (κ1) is 25.1. The molecule has 0 spiro atoms. The van der Waals surface area contributed by atoms with Crippen molar-refractivity contribution in [3.05, 3.63) is 126 Å². The summed E-state index contributed by atoms with van der Waals surface area (Å²) >= 11 is 0. The maximum Gasteiger partial charge on any atom is 0.0343 e. The van der Waals surface area contributed by atoms with E-state index in [9.17, 15) is 0 Å². The van der Waals surface area contributed by atoms with Crippen molar-refractivity contribution >= 4 is 11.1 Å². The van der Waals surface area contributed by atoms with Crippen molar-refractivity contribution in [2.24, 2.45) is 0 Å². The highest BCUT2D eigenvalue weighted by atomic mass is 14.6. The fraction of sp³-hybridized carbons (Fsp3) is 0.258. The largest absolute Gasteiger partial charge is 0.264 e. The molecule has 0 saturated carbocycles. The van der Waals surface area contributed by atoms with Crippen LogP contribution in [0.4, 0.5) is 0 Å². The van der Waals surface area contributed by atoms with Gasteiger partial charge in [0.2, 0.25) is 0 Å². The Morgan fingerprint density at radius 1 is 1.03 bits per heavy atom. The molecule has 0 aliphatic rings. The lowest BCUT2D eigenvalue weighted by Crippen LogP contribution is -1.93. The lowest BCUT2D eigenvalue weighted by Gasteiger charge is -2.11. The zero-order valence-electron chi connectivity index (χ0n) is 20.0. The quantitative estimate of drug-likeness (QED) is 0.245. The highest BCUT2D eigenvalue weighted by Crippen LogP contribution is 2.25. The van der Waals surface area contributed by atoms with E-state index < -0.39 is 0 Å². The van der Waals surface area contributed by atoms with Crippen LogP contribution in [0.3, 0.4) is 0 Å². The van der Waals surface area contributed by atoms with Crippen LogP contribution in [0.1, 0.15) is 63.1 Å². The van der Waals surface area contributed by atoms with Crippen LogP contribution in [0, 0.1) is 0 Å². The summed E-state index contributed by atoms with van der Waals surface area (Å²) in [6, 6.07) is 13.0. The fourth-order valence-corrected chi connectivity index (χ4v) is 3.64. The molecule has 1 aromatic heterocycles. The molecule has 0 amide bonds. The van der Waals surface area contributed by atoms with Gasteiger partial charge in [-0.05, 0) is 77.7 Å². The van der Waals surface area contributed by atoms with Gasteiger partial charge < -0.3 is 0 Å². The Kier molecular flexibility index (Phi) is 11.0. The third kappa shape index (κ3) is 7.81. The summed E-state index contributed by atoms with van der Waals surface area (Å²) in [7, 11) is 0. The molecule has 0 unspecified atom stereocenters. The standard InChI is InChI=1S/C31H37N/c1-6-10-15-25(5)29-17-11-16-26(22-29)19-20-28(13-7-2)30(14-8-3)23-27(9-4)31-18-12-21-32-24-31/h7-8,11-12,14-18,20-24H,2-3,6,9-10,13,19H2,1,4-5H3/b25-15+,27-23+,28-20+,30-14+. The summed E-state index contributed by atoms with van der Waals surface area (Å²) in [5.41, 5.74) is 8.83. The van der Waals surface area contributed by atoms with Crippen molar-refractivity contribution in [3.8, 4) is 0 Å². The van der Waals surface area contributed by atoms with Gasteiger partial charge in [-0.3, -0.25) is 4.98 Å². The predicted octanol–water partition coefficient (Wildman–Crippen LogP) is 8.94. The van der Waals surface area contributed by atoms with Gasteiger partial charge in [-0.25, -0.2) is 0 Å². The van der Waals surface area contributed by atoms with Crippen LogP contribution < -0.4 is 0 Å². The number of aromatic nitrogens is 1. The van der Waals surface area contributed by atoms with Crippen LogP contribution in [0.25, 0.3) is 11.1 Å². The molecular formula is C31H37N. The van der Waals surface area contributed by atoms with Crippen molar-refractivity contribution in [1.29, 1.82) is 0 Å². The maximum absolute atomic E-state index is 4.29. The molecule has 32 heavy (non-hydrogen) atoms. The van der Waals surface area contributed by atoms with E-state index in [2.05, 4.69) is 93.5 Å². The third-order valence-electron chi connectivity index (χ3n) is 5.48. The second-order valence-corrected chi connectivity index (χ2v) is 7.93. The Labute approximate surface area is 195 Å². The lowest BCUT2D eigenvalue weighted by molar-refractivity contribution is 0.959. The number of allylic oxidation sites excluding steroid dienone is 10. The monoisotopic (exact) mass is 423 g/mol. The number of hydrogen-bond donors (Lipinski definition) is 0. The summed E-state index contributed by atoms with van der Waals surface area (Å²) in [5.74, 6) is 0. The zero-order chi connectivity index (χ0) is 23.2. The molecule has 1 aromatic carbocycles. The van der Waals surface area contributed by atoms with Gasteiger partial charge >= 0.3 is 0 Å². The summed E-state index contributed by atoms with van der Waals surface area (Å²) in [6.07, 6.45) is 21.5. The molecular weight excluding hydrogens is 386 g/mol. The highest BCUT2D eigenvalue weighted by molar-refractivity contribution is 5.69. The van der Waals surface area contributed by atoms with Crippen molar-refractivity contribution in [2.75, 3.05) is 0 Å². The highest BCUT2D eigenvalue weighted by Gasteiger charge is 2.06. The number of pyridine rings is 1. The Morgan fingerprint density at radius 2 is 1.84 bits per heavy atom. The lowest BCUT2D eigenvalue weighted by atomic mass is 9.94. The molecule has 2 aromatic rings. The summed E-state index contributed by atoms with van der Waals surface area (Å²) < 4.78 is 0. The van der Waals surface area contributed by atoms with E-state index >= 15 is 0 Å². The van der Waals surface area contributed by atoms with Gasteiger partial charge in [0.05, 0.1) is 0 Å². The summed E-state index contributed by atoms with van der Waals surface area (Å²) in [6.45, 7) is 14.5. The third-order valence-corrected chi connectivity index (χ3v) is 5.48. The van der Waals surface area contributed by atoms with E-state index in [1.165, 1.54) is 39.8 Å². The Morgan fingerprint density at radius 3 is 2.50 bits per heavy atom. The van der Waals surface area contributed by atoms with Crippen molar-refractivity contribution < 1.29 is 0 Å². The van der Waals surface area contributed by atoms with Crippen molar-refractivity contribution in [3.63, 3.8) is 0 Å². The molecule has 0 bridgehead atoms. The summed E-state index contributed by atoms with van der Waals surface area (Å²) in [5, 5.41) is 0. The Bertz CT molecular complexity index is 1000. The minimum Gasteiger partial charge on any atom is -0.264 e. The SMILES string of the molecule is C=C/C=C(\C=C(/CC)c1cccnc1)C(=C/Cc1cccc(/C(C)=C/CCC)c1)/CC=C. The Hall–Kier alpha value is -3.19. The molecule has 0 saturated heterocycles. The molecule has 0 N–H and O–H groups in total. The maximum atomic E-state index is 4.29. The number of unbranched alkanes of at least 4 members (excludes halogenated alkanes) is 1. The first-order chi connectivity index (χ1) is 15.6. The normalized spacial score (nSPS) is 13.2. The molecule has 0 fully saturated rings. The van der Waals surface area contributed by atoms with Gasteiger partial charge in [0, 0.05) is 12.4 Å². The molecule has 1 heterocycles. The van der Waals surface area contributed by atoms with Crippen LogP contribution in [0.2, 0.25) is 0 Å². The van der Waals surface area contributed by atoms with E-state index in [1.807, 2.05) is 30.6 Å². The molecule has 0 atom stereocenters. The second kappa shape index (κ2) is 14.0. The molecule has 0 radical (unpaired) electrons. The molecule has 2 rings (SSSR count). The van der Waals surface area contributed by atoms with Crippen molar-refractivity contribution in [1.82, 2.24) is 4.98 Å². The van der Waals surface area contributed by atoms with Crippen LogP contribution in [0.15, 0.2) is 110 Å². The number of nitrogens with zero attached hydrogens (tertiary/aromatic N) is 1. The zero-order valence-corrected chi connectivity index (χ0v) is 20.0. The number of hydrogen-bond acceptors (Lipinski definition) is 1. The molecule has 1 heteroatoms. The molecule has 0 aliphatic carbocycles. The predicted molar refractivity (Wildman–Crippen MR) is 142 cm³/mol. The van der Waals surface area contributed by atoms with Crippen LogP contribution in [-0.4, -0.2) is 4.98 Å². The minimum atomic E-state index is 0.815. The van der Waals surface area contributed by atoms with Gasteiger partial charge in [0.1, 0.15) is 0 Å². The van der Waals surface area contributed by atoms with Crippen LogP contribution in [0.5, 0.6) is 0 Å². The van der Waals surface area contributed by atoms with E-state index in [4.69, 9.17) is 0 Å². The average molecular weight is 424 g/mol. The van der Waals surface area contributed by atoms with E-state index in [-0.39, 0.29) is 0 Å². The minimum absolute atomic E-state index is 0.815. The average Bonchev–Trinajstić information content (AvgIpc) is 2.83. The van der Waals surface area contributed by atoms with Gasteiger partial charge in [-0.1, -0.05) is 93.6 Å². The second-order valence-electron chi connectivity index (χ2n) is 7.93. The van der Waals surface area contributed by atoms with E-state index in [0.717, 1.165) is 31.2 Å². The Balaban J connectivity index is 2.36. The molecule has 1 nitrogen and oxygen atoms in total. The number of benzene rings is 1. The van der Waals surface area contributed by atoms with Gasteiger partial charge in [-0.15, -0.1) is 6.58 Å². The van der Waals surface area contributed by atoms with Gasteiger partial charge in [0.25, 0.3) is 0 Å². The fourth-order valence-electron chi connectivity index (χ4n) is 3.64. The molecule has 0 aliphatic heterocycles. The van der Waals surface area contributed by atoms with Crippen LogP contribution in [-0.2, 0) is 6.42 Å². The molecule has 166 valence electrons. The first-order valence-corrected chi connectivity index (χ1v) is 11.6. The smallest absolute Gasteiger partial charge is 0.0343 e. The van der Waals surface area contributed by atoms with Gasteiger partial charge in [-0.2, -0.15) is 0 Å². The van der Waals surface area contributed by atoms with Gasteiger partial charge in [0.15, 0.2) is 0 Å². The first-order valence-electron chi connectivity index (χ1n) is 11.6. The topological polar surface area (TPSA) is 12.9 Å².